The van der Waals surface area contributed by atoms with Crippen molar-refractivity contribution in [3.8, 4) is 0 Å². The molecule has 2 rings (SSSR count). The molecular formula is C7H2Cl7F. The third-order valence-electron chi connectivity index (χ3n) is 2.76. The normalized spacial score (nSPS) is 52.8. The van der Waals surface area contributed by atoms with Crippen LogP contribution in [-0.4, -0.2) is 25.6 Å². The van der Waals surface area contributed by atoms with E-state index in [2.05, 4.69) is 0 Å². The number of fused-ring (bicyclic) bond motifs is 2. The molecule has 0 aromatic carbocycles. The molecule has 4 unspecified atom stereocenters. The van der Waals surface area contributed by atoms with Crippen molar-refractivity contribution in [1.29, 1.82) is 0 Å². The quantitative estimate of drug-likeness (QED) is 0.550. The maximum atomic E-state index is 13.9. The highest BCUT2D eigenvalue weighted by Crippen LogP contribution is 2.73. The number of hydrogen-bond donors (Lipinski definition) is 0. The fourth-order valence-corrected chi connectivity index (χ4v) is 5.23. The highest BCUT2D eigenvalue weighted by atomic mass is 35.5. The van der Waals surface area contributed by atoms with E-state index in [4.69, 9.17) is 81.2 Å². The van der Waals surface area contributed by atoms with Gasteiger partial charge >= 0.3 is 0 Å². The number of hydrogen-bond acceptors (Lipinski definition) is 0. The molecule has 0 N–H and O–H groups in total. The third-order valence-corrected chi connectivity index (χ3v) is 7.65. The summed E-state index contributed by atoms with van der Waals surface area (Å²) in [6.45, 7) is 0. The van der Waals surface area contributed by atoms with Crippen molar-refractivity contribution in [1.82, 2.24) is 0 Å². The van der Waals surface area contributed by atoms with Gasteiger partial charge in [0.15, 0.2) is 4.33 Å². The summed E-state index contributed by atoms with van der Waals surface area (Å²) >= 11 is 41.4. The second-order valence-electron chi connectivity index (χ2n) is 3.43. The Bertz CT molecular complexity index is 334. The van der Waals surface area contributed by atoms with Crippen LogP contribution in [0.5, 0.6) is 0 Å². The molecule has 0 amide bonds. The van der Waals surface area contributed by atoms with Crippen LogP contribution in [0.2, 0.25) is 0 Å². The van der Waals surface area contributed by atoms with Crippen molar-refractivity contribution >= 4 is 81.2 Å². The lowest BCUT2D eigenvalue weighted by atomic mass is 10.0. The Hall–Kier alpha value is 1.70. The van der Waals surface area contributed by atoms with Crippen molar-refractivity contribution in [3.05, 3.63) is 10.1 Å². The summed E-state index contributed by atoms with van der Waals surface area (Å²) in [5.41, 5.74) is 0. The molecule has 0 heterocycles. The van der Waals surface area contributed by atoms with Crippen LogP contribution in [0, 0.1) is 0 Å². The molecule has 1 saturated carbocycles. The zero-order chi connectivity index (χ0) is 11.8. The lowest BCUT2D eigenvalue weighted by Crippen LogP contribution is -2.45. The molecule has 0 radical (unpaired) electrons. The van der Waals surface area contributed by atoms with E-state index in [9.17, 15) is 4.39 Å². The lowest BCUT2D eigenvalue weighted by molar-refractivity contribution is 0.305. The first-order chi connectivity index (χ1) is 6.63. The minimum Gasteiger partial charge on any atom is -0.243 e. The smallest absolute Gasteiger partial charge is 0.170 e. The molecule has 2 aliphatic rings. The average Bonchev–Trinajstić information content (AvgIpc) is 2.34. The van der Waals surface area contributed by atoms with Crippen molar-refractivity contribution in [2.45, 2.75) is 25.6 Å². The molecular weight excluding hydrogens is 351 g/mol. The molecule has 2 bridgehead atoms. The minimum atomic E-state index is -1.89. The largest absolute Gasteiger partial charge is 0.243 e. The van der Waals surface area contributed by atoms with Gasteiger partial charge in [-0.1, -0.05) is 46.4 Å². The van der Waals surface area contributed by atoms with Gasteiger partial charge in [0.1, 0.15) is 15.9 Å². The van der Waals surface area contributed by atoms with E-state index in [0.29, 0.717) is 0 Å². The molecule has 15 heavy (non-hydrogen) atoms. The van der Waals surface area contributed by atoms with E-state index in [0.717, 1.165) is 0 Å². The molecule has 0 saturated heterocycles. The zero-order valence-corrected chi connectivity index (χ0v) is 12.0. The number of alkyl halides is 6. The molecule has 0 aromatic heterocycles. The second kappa shape index (κ2) is 3.38. The van der Waals surface area contributed by atoms with E-state index in [1.807, 2.05) is 0 Å². The summed E-state index contributed by atoms with van der Waals surface area (Å²) in [6, 6.07) is 0. The van der Waals surface area contributed by atoms with Crippen LogP contribution in [0.3, 0.4) is 0 Å². The predicted molar refractivity (Wildman–Crippen MR) is 64.9 cm³/mol. The van der Waals surface area contributed by atoms with Gasteiger partial charge in [-0.3, -0.25) is 0 Å². The lowest BCUT2D eigenvalue weighted by Gasteiger charge is -2.30. The van der Waals surface area contributed by atoms with E-state index in [-0.39, 0.29) is 10.1 Å². The maximum absolute atomic E-state index is 13.9. The summed E-state index contributed by atoms with van der Waals surface area (Å²) in [4.78, 5) is -3.58. The van der Waals surface area contributed by atoms with Crippen molar-refractivity contribution in [2.24, 2.45) is 0 Å². The predicted octanol–water partition coefficient (Wildman–Crippen LogP) is 4.78. The van der Waals surface area contributed by atoms with Gasteiger partial charge in [-0.05, 0) is 0 Å². The highest BCUT2D eigenvalue weighted by Gasteiger charge is 2.83. The molecule has 0 aromatic rings. The number of halogens is 8. The summed E-state index contributed by atoms with van der Waals surface area (Å²) in [5.74, 6) is 0. The van der Waals surface area contributed by atoms with Gasteiger partial charge in [-0.15, -0.1) is 34.8 Å². The Labute approximate surface area is 121 Å². The number of allylic oxidation sites excluding steroid dienone is 2. The maximum Gasteiger partial charge on any atom is 0.170 e. The van der Waals surface area contributed by atoms with Crippen LogP contribution in [0.1, 0.15) is 0 Å². The molecule has 0 aliphatic heterocycles. The Kier molecular flexibility index (Phi) is 2.96. The van der Waals surface area contributed by atoms with Gasteiger partial charge in [0.05, 0.1) is 15.4 Å². The van der Waals surface area contributed by atoms with Crippen LogP contribution < -0.4 is 0 Å². The Morgan fingerprint density at radius 1 is 0.933 bits per heavy atom. The van der Waals surface area contributed by atoms with Gasteiger partial charge in [0.2, 0.25) is 0 Å². The van der Waals surface area contributed by atoms with Crippen LogP contribution in [0.15, 0.2) is 10.1 Å². The molecule has 0 nitrogen and oxygen atoms in total. The highest BCUT2D eigenvalue weighted by molar-refractivity contribution is 6.67. The minimum absolute atomic E-state index is 0.0975. The van der Waals surface area contributed by atoms with Gasteiger partial charge in [-0.2, -0.15) is 0 Å². The summed E-state index contributed by atoms with van der Waals surface area (Å²) in [7, 11) is 0. The molecule has 4 atom stereocenters. The summed E-state index contributed by atoms with van der Waals surface area (Å²) in [6.07, 6.45) is -1.77. The van der Waals surface area contributed by atoms with E-state index in [1.54, 1.807) is 0 Å². The first kappa shape index (κ1) is 13.1. The van der Waals surface area contributed by atoms with Gasteiger partial charge in [0, 0.05) is 0 Å². The standard InChI is InChI=1S/C7H2Cl7F/c8-1-2(9)6(12)4(15)3(10)5(1,11)7(6,13)14/h3-4H. The van der Waals surface area contributed by atoms with Crippen LogP contribution in [0.4, 0.5) is 4.39 Å². The molecule has 0 spiro atoms. The number of rotatable bonds is 0. The molecule has 86 valence electrons. The third kappa shape index (κ3) is 1.10. The fourth-order valence-electron chi connectivity index (χ4n) is 1.85. The fraction of sp³-hybridized carbons (Fsp3) is 0.714. The van der Waals surface area contributed by atoms with E-state index < -0.39 is 25.6 Å². The van der Waals surface area contributed by atoms with Crippen molar-refractivity contribution in [3.63, 3.8) is 0 Å². The summed E-state index contributed by atoms with van der Waals surface area (Å²) in [5, 5.41) is -1.52. The summed E-state index contributed by atoms with van der Waals surface area (Å²) < 4.78 is 12.0. The Balaban J connectivity index is 2.76. The second-order valence-corrected chi connectivity index (χ2v) is 7.18. The van der Waals surface area contributed by atoms with Crippen LogP contribution >= 0.6 is 81.2 Å². The van der Waals surface area contributed by atoms with Gasteiger partial charge in [0.25, 0.3) is 0 Å². The first-order valence-electron chi connectivity index (χ1n) is 3.73. The zero-order valence-electron chi connectivity index (χ0n) is 6.68. The molecule has 2 aliphatic carbocycles. The van der Waals surface area contributed by atoms with Crippen molar-refractivity contribution < 1.29 is 4.39 Å². The van der Waals surface area contributed by atoms with E-state index in [1.165, 1.54) is 0 Å². The Morgan fingerprint density at radius 2 is 1.33 bits per heavy atom. The Morgan fingerprint density at radius 3 is 1.67 bits per heavy atom. The molecule has 1 fully saturated rings. The van der Waals surface area contributed by atoms with Gasteiger partial charge in [-0.25, -0.2) is 4.39 Å². The SMILES string of the molecule is FC1C(Cl)C2(Cl)C(Cl)=C(Cl)C1(Cl)C2(Cl)Cl. The van der Waals surface area contributed by atoms with Crippen LogP contribution in [-0.2, 0) is 0 Å². The van der Waals surface area contributed by atoms with Crippen LogP contribution in [0.25, 0.3) is 0 Å². The van der Waals surface area contributed by atoms with Gasteiger partial charge < -0.3 is 0 Å². The average molecular weight is 353 g/mol. The van der Waals surface area contributed by atoms with E-state index >= 15 is 0 Å². The monoisotopic (exact) mass is 350 g/mol. The van der Waals surface area contributed by atoms with Crippen molar-refractivity contribution in [2.75, 3.05) is 0 Å². The molecule has 8 heteroatoms. The first-order valence-corrected chi connectivity index (χ1v) is 6.44. The topological polar surface area (TPSA) is 0 Å².